The number of benzene rings is 1. The second-order valence-corrected chi connectivity index (χ2v) is 2.58. The molecule has 5 heteroatoms. The fourth-order valence-corrected chi connectivity index (χ4v) is 0.870. The number of aromatic amines is 1. The number of para-hydroxylation sites is 1. The van der Waals surface area contributed by atoms with Crippen LogP contribution in [0.15, 0.2) is 43.0 Å². The van der Waals surface area contributed by atoms with Gasteiger partial charge in [0.15, 0.2) is 0 Å². The van der Waals surface area contributed by atoms with Crippen molar-refractivity contribution in [3.63, 3.8) is 0 Å². The van der Waals surface area contributed by atoms with Gasteiger partial charge < -0.3 is 15.2 Å². The van der Waals surface area contributed by atoms with E-state index in [0.717, 1.165) is 0 Å². The molecule has 2 aromatic rings. The van der Waals surface area contributed by atoms with Gasteiger partial charge in [-0.25, -0.2) is 9.78 Å². The zero-order chi connectivity index (χ0) is 11.1. The second kappa shape index (κ2) is 5.43. The molecule has 0 aliphatic carbocycles. The molecule has 1 aromatic heterocycles. The molecule has 3 N–H and O–H groups in total. The average molecular weight is 206 g/mol. The van der Waals surface area contributed by atoms with Gasteiger partial charge in [-0.1, -0.05) is 12.1 Å². The molecule has 0 aliphatic heterocycles. The van der Waals surface area contributed by atoms with Crippen molar-refractivity contribution in [2.24, 2.45) is 0 Å². The molecule has 2 rings (SSSR count). The lowest BCUT2D eigenvalue weighted by atomic mass is 10.2. The number of aromatic carboxylic acids is 1. The molecule has 0 fully saturated rings. The number of aromatic nitrogens is 2. The van der Waals surface area contributed by atoms with Crippen molar-refractivity contribution < 1.29 is 15.0 Å². The van der Waals surface area contributed by atoms with Crippen LogP contribution in [0.3, 0.4) is 0 Å². The lowest BCUT2D eigenvalue weighted by molar-refractivity contribution is 0.0694. The summed E-state index contributed by atoms with van der Waals surface area (Å²) in [6.07, 6.45) is 5.08. The molecule has 0 saturated heterocycles. The summed E-state index contributed by atoms with van der Waals surface area (Å²) >= 11 is 0. The minimum Gasteiger partial charge on any atom is -0.507 e. The molecule has 15 heavy (non-hydrogen) atoms. The van der Waals surface area contributed by atoms with Crippen molar-refractivity contribution in [1.82, 2.24) is 9.97 Å². The highest BCUT2D eigenvalue weighted by Gasteiger charge is 2.05. The Morgan fingerprint density at radius 1 is 1.33 bits per heavy atom. The Labute approximate surface area is 86.0 Å². The molecule has 0 radical (unpaired) electrons. The van der Waals surface area contributed by atoms with Crippen LogP contribution in [0.4, 0.5) is 0 Å². The first-order valence-electron chi connectivity index (χ1n) is 4.16. The second-order valence-electron chi connectivity index (χ2n) is 2.58. The van der Waals surface area contributed by atoms with Gasteiger partial charge in [0, 0.05) is 12.4 Å². The number of nitrogens with zero attached hydrogens (tertiary/aromatic N) is 1. The average Bonchev–Trinajstić information content (AvgIpc) is 2.75. The van der Waals surface area contributed by atoms with E-state index >= 15 is 0 Å². The van der Waals surface area contributed by atoms with Gasteiger partial charge in [0.1, 0.15) is 11.3 Å². The molecule has 0 amide bonds. The van der Waals surface area contributed by atoms with Crippen LogP contribution in [0.2, 0.25) is 0 Å². The van der Waals surface area contributed by atoms with Crippen LogP contribution in [-0.2, 0) is 0 Å². The third-order valence-corrected chi connectivity index (χ3v) is 1.54. The zero-order valence-electron chi connectivity index (χ0n) is 7.79. The van der Waals surface area contributed by atoms with Gasteiger partial charge in [-0.2, -0.15) is 0 Å². The number of hydrogen-bond donors (Lipinski definition) is 3. The van der Waals surface area contributed by atoms with Crippen molar-refractivity contribution >= 4 is 5.97 Å². The molecule has 78 valence electrons. The highest BCUT2D eigenvalue weighted by atomic mass is 16.4. The van der Waals surface area contributed by atoms with E-state index in [1.807, 2.05) is 0 Å². The van der Waals surface area contributed by atoms with E-state index in [1.165, 1.54) is 12.1 Å². The van der Waals surface area contributed by atoms with Crippen molar-refractivity contribution in [2.45, 2.75) is 0 Å². The lowest BCUT2D eigenvalue weighted by Gasteiger charge is -1.95. The van der Waals surface area contributed by atoms with Gasteiger partial charge in [-0.15, -0.1) is 0 Å². The summed E-state index contributed by atoms with van der Waals surface area (Å²) in [4.78, 5) is 16.7. The number of phenols is 1. The number of hydrogen-bond acceptors (Lipinski definition) is 3. The lowest BCUT2D eigenvalue weighted by Crippen LogP contribution is -1.95. The first-order chi connectivity index (χ1) is 7.22. The normalized spacial score (nSPS) is 8.80. The molecule has 0 aliphatic rings. The molecule has 0 bridgehead atoms. The van der Waals surface area contributed by atoms with Crippen molar-refractivity contribution in [1.29, 1.82) is 0 Å². The van der Waals surface area contributed by atoms with Gasteiger partial charge in [0.2, 0.25) is 0 Å². The molecule has 1 aromatic carbocycles. The minimum atomic E-state index is -1.11. The quantitative estimate of drug-likeness (QED) is 0.659. The smallest absolute Gasteiger partial charge is 0.339 e. The number of aromatic hydroxyl groups is 1. The van der Waals surface area contributed by atoms with E-state index in [1.54, 1.807) is 30.9 Å². The van der Waals surface area contributed by atoms with Crippen LogP contribution in [0, 0.1) is 0 Å². The molecule has 0 spiro atoms. The first kappa shape index (κ1) is 10.8. The third kappa shape index (κ3) is 3.51. The fraction of sp³-hybridized carbons (Fsp3) is 0. The first-order valence-corrected chi connectivity index (χ1v) is 4.16. The van der Waals surface area contributed by atoms with Crippen LogP contribution >= 0.6 is 0 Å². The topological polar surface area (TPSA) is 86.2 Å². The van der Waals surface area contributed by atoms with E-state index in [4.69, 9.17) is 10.2 Å². The van der Waals surface area contributed by atoms with E-state index in [0.29, 0.717) is 0 Å². The molecule has 1 heterocycles. The largest absolute Gasteiger partial charge is 0.507 e. The van der Waals surface area contributed by atoms with Crippen molar-refractivity contribution in [2.75, 3.05) is 0 Å². The molecular formula is C10H10N2O3. The summed E-state index contributed by atoms with van der Waals surface area (Å²) in [7, 11) is 0. The van der Waals surface area contributed by atoms with Crippen LogP contribution in [0.1, 0.15) is 10.4 Å². The van der Waals surface area contributed by atoms with Gasteiger partial charge in [-0.05, 0) is 12.1 Å². The summed E-state index contributed by atoms with van der Waals surface area (Å²) in [6, 6.07) is 5.81. The van der Waals surface area contributed by atoms with E-state index < -0.39 is 5.97 Å². The van der Waals surface area contributed by atoms with Gasteiger partial charge in [0.25, 0.3) is 0 Å². The summed E-state index contributed by atoms with van der Waals surface area (Å²) in [5, 5.41) is 17.3. The Morgan fingerprint density at radius 2 is 2.07 bits per heavy atom. The predicted molar refractivity (Wildman–Crippen MR) is 53.7 cm³/mol. The Morgan fingerprint density at radius 3 is 2.40 bits per heavy atom. The van der Waals surface area contributed by atoms with Gasteiger partial charge in [-0.3, -0.25) is 0 Å². The SMILES string of the molecule is O=C(O)c1ccccc1O.c1c[nH]cn1. The molecule has 5 nitrogen and oxygen atoms in total. The molecule has 0 saturated carbocycles. The monoisotopic (exact) mass is 206 g/mol. The summed E-state index contributed by atoms with van der Waals surface area (Å²) in [6.45, 7) is 0. The minimum absolute atomic E-state index is 0.0671. The Bertz CT molecular complexity index is 395. The molecule has 0 unspecified atom stereocenters. The van der Waals surface area contributed by atoms with Crippen LogP contribution < -0.4 is 0 Å². The zero-order valence-corrected chi connectivity index (χ0v) is 7.79. The van der Waals surface area contributed by atoms with E-state index in [9.17, 15) is 4.79 Å². The number of carboxylic acid groups (broad SMARTS) is 1. The summed E-state index contributed by atoms with van der Waals surface area (Å²) in [5.41, 5.74) is -0.0671. The standard InChI is InChI=1S/C7H6O3.C3H4N2/c8-6-4-2-1-3-5(6)7(9)10;1-2-5-3-4-1/h1-4,8H,(H,9,10);1-3H,(H,4,5). The van der Waals surface area contributed by atoms with Crippen LogP contribution in [0.5, 0.6) is 5.75 Å². The van der Waals surface area contributed by atoms with Gasteiger partial charge >= 0.3 is 5.97 Å². The Hall–Kier alpha value is -2.30. The number of carbonyl (C=O) groups is 1. The summed E-state index contributed by atoms with van der Waals surface area (Å²) < 4.78 is 0. The highest BCUT2D eigenvalue weighted by molar-refractivity contribution is 5.90. The maximum atomic E-state index is 10.3. The highest BCUT2D eigenvalue weighted by Crippen LogP contribution is 2.14. The van der Waals surface area contributed by atoms with Crippen LogP contribution in [-0.4, -0.2) is 26.2 Å². The molecular weight excluding hydrogens is 196 g/mol. The number of nitrogens with one attached hydrogen (secondary N) is 1. The maximum absolute atomic E-state index is 10.3. The van der Waals surface area contributed by atoms with Crippen molar-refractivity contribution in [3.05, 3.63) is 48.5 Å². The Kier molecular flexibility index (Phi) is 3.91. The third-order valence-electron chi connectivity index (χ3n) is 1.54. The number of carboxylic acids is 1. The number of rotatable bonds is 1. The number of H-pyrrole nitrogens is 1. The Balaban J connectivity index is 0.000000187. The summed E-state index contributed by atoms with van der Waals surface area (Å²) in [5.74, 6) is -1.31. The van der Waals surface area contributed by atoms with E-state index in [-0.39, 0.29) is 11.3 Å². The molecule has 0 atom stereocenters. The predicted octanol–water partition coefficient (Wildman–Crippen LogP) is 1.50. The van der Waals surface area contributed by atoms with E-state index in [2.05, 4.69) is 9.97 Å². The fourth-order valence-electron chi connectivity index (χ4n) is 0.870. The van der Waals surface area contributed by atoms with Crippen molar-refractivity contribution in [3.8, 4) is 5.75 Å². The van der Waals surface area contributed by atoms with Gasteiger partial charge in [0.05, 0.1) is 6.33 Å². The maximum Gasteiger partial charge on any atom is 0.339 e. The van der Waals surface area contributed by atoms with Crippen LogP contribution in [0.25, 0.3) is 0 Å². The number of imidazole rings is 1.